The topological polar surface area (TPSA) is 115 Å². The van der Waals surface area contributed by atoms with Crippen LogP contribution in [-0.4, -0.2) is 63.7 Å². The van der Waals surface area contributed by atoms with Gasteiger partial charge < -0.3 is 23.6 Å². The molecule has 0 aromatic carbocycles. The summed E-state index contributed by atoms with van der Waals surface area (Å²) in [5.74, 6) is 1.09. The predicted octanol–water partition coefficient (Wildman–Crippen LogP) is 1.26. The van der Waals surface area contributed by atoms with E-state index in [1.54, 1.807) is 30.8 Å². The minimum atomic E-state index is -0.362. The number of methoxy groups -OCH3 is 1. The molecule has 1 atom stereocenters. The van der Waals surface area contributed by atoms with Crippen LogP contribution in [0.1, 0.15) is 52.9 Å². The molecule has 0 radical (unpaired) electrons. The summed E-state index contributed by atoms with van der Waals surface area (Å²) in [4.78, 5) is 32.7. The van der Waals surface area contributed by atoms with Crippen molar-refractivity contribution >= 4 is 11.8 Å². The summed E-state index contributed by atoms with van der Waals surface area (Å²) in [6, 6.07) is -0.362. The van der Waals surface area contributed by atoms with Crippen LogP contribution in [0.15, 0.2) is 9.05 Å². The van der Waals surface area contributed by atoms with E-state index in [4.69, 9.17) is 13.8 Å². The number of hydrogen-bond acceptors (Lipinski definition) is 8. The van der Waals surface area contributed by atoms with E-state index in [0.717, 1.165) is 0 Å². The van der Waals surface area contributed by atoms with Gasteiger partial charge in [0.15, 0.2) is 11.5 Å². The van der Waals surface area contributed by atoms with Crippen LogP contribution in [-0.2, 0) is 16.1 Å². The van der Waals surface area contributed by atoms with Crippen molar-refractivity contribution in [3.05, 3.63) is 28.7 Å². The number of ether oxygens (including phenoxy) is 1. The van der Waals surface area contributed by atoms with Gasteiger partial charge in [-0.05, 0) is 20.3 Å². The SMILES string of the molecule is COCc1c(C(=O)N2CCC(c3nc(C)no3)N(C(C)=O)CC2)noc1C. The van der Waals surface area contributed by atoms with Crippen LogP contribution in [0.5, 0.6) is 0 Å². The summed E-state index contributed by atoms with van der Waals surface area (Å²) < 4.78 is 15.6. The number of nitrogens with zero attached hydrogens (tertiary/aromatic N) is 5. The standard InChI is InChI=1S/C17H23N5O5/c1-10-13(9-25-4)15(20-26-10)17(24)21-6-5-14(16-18-11(2)19-27-16)22(8-7-21)12(3)23/h14H,5-9H2,1-4H3. The Bertz CT molecular complexity index is 830. The molecule has 1 aliphatic heterocycles. The Kier molecular flexibility index (Phi) is 5.54. The highest BCUT2D eigenvalue weighted by Gasteiger charge is 2.34. The smallest absolute Gasteiger partial charge is 0.276 e. The van der Waals surface area contributed by atoms with Gasteiger partial charge in [0.1, 0.15) is 11.8 Å². The molecule has 10 nitrogen and oxygen atoms in total. The van der Waals surface area contributed by atoms with Crippen molar-refractivity contribution in [1.29, 1.82) is 0 Å². The largest absolute Gasteiger partial charge is 0.380 e. The van der Waals surface area contributed by atoms with Gasteiger partial charge in [-0.25, -0.2) is 0 Å². The molecule has 10 heteroatoms. The molecule has 27 heavy (non-hydrogen) atoms. The van der Waals surface area contributed by atoms with Gasteiger partial charge >= 0.3 is 0 Å². The van der Waals surface area contributed by atoms with Crippen molar-refractivity contribution in [3.63, 3.8) is 0 Å². The van der Waals surface area contributed by atoms with E-state index in [2.05, 4.69) is 15.3 Å². The molecule has 2 amide bonds. The average molecular weight is 377 g/mol. The molecule has 1 unspecified atom stereocenters. The Morgan fingerprint density at radius 3 is 2.59 bits per heavy atom. The number of hydrogen-bond donors (Lipinski definition) is 0. The van der Waals surface area contributed by atoms with Crippen molar-refractivity contribution in [3.8, 4) is 0 Å². The monoisotopic (exact) mass is 377 g/mol. The second-order valence-electron chi connectivity index (χ2n) is 6.49. The minimum absolute atomic E-state index is 0.109. The zero-order valence-electron chi connectivity index (χ0n) is 15.9. The average Bonchev–Trinajstić information content (AvgIpc) is 3.13. The summed E-state index contributed by atoms with van der Waals surface area (Å²) in [5, 5.41) is 7.72. The van der Waals surface area contributed by atoms with Gasteiger partial charge in [0.05, 0.1) is 12.2 Å². The molecule has 0 N–H and O–H groups in total. The molecule has 0 spiro atoms. The first kappa shape index (κ1) is 19.0. The third-order valence-electron chi connectivity index (χ3n) is 4.66. The molecule has 2 aromatic heterocycles. The zero-order valence-corrected chi connectivity index (χ0v) is 15.9. The van der Waals surface area contributed by atoms with E-state index in [0.29, 0.717) is 49.1 Å². The van der Waals surface area contributed by atoms with Gasteiger partial charge in [0, 0.05) is 33.7 Å². The fourth-order valence-corrected chi connectivity index (χ4v) is 3.24. The summed E-state index contributed by atoms with van der Waals surface area (Å²) >= 11 is 0. The molecule has 0 saturated carbocycles. The van der Waals surface area contributed by atoms with Crippen molar-refractivity contribution in [2.75, 3.05) is 26.7 Å². The van der Waals surface area contributed by atoms with Crippen LogP contribution in [0.25, 0.3) is 0 Å². The van der Waals surface area contributed by atoms with Gasteiger partial charge in [0.2, 0.25) is 11.8 Å². The van der Waals surface area contributed by atoms with Crippen molar-refractivity contribution in [1.82, 2.24) is 25.1 Å². The molecule has 2 aromatic rings. The lowest BCUT2D eigenvalue weighted by Gasteiger charge is -2.25. The van der Waals surface area contributed by atoms with Crippen LogP contribution in [0.3, 0.4) is 0 Å². The Hall–Kier alpha value is -2.75. The van der Waals surface area contributed by atoms with Crippen molar-refractivity contribution in [2.45, 2.75) is 39.8 Å². The second kappa shape index (κ2) is 7.87. The summed E-state index contributed by atoms with van der Waals surface area (Å²) in [6.45, 7) is 6.37. The van der Waals surface area contributed by atoms with E-state index in [9.17, 15) is 9.59 Å². The fraction of sp³-hybridized carbons (Fsp3) is 0.588. The molecule has 146 valence electrons. The Labute approximate surface area is 156 Å². The maximum absolute atomic E-state index is 13.0. The van der Waals surface area contributed by atoms with Gasteiger partial charge in [-0.15, -0.1) is 0 Å². The van der Waals surface area contributed by atoms with E-state index in [1.165, 1.54) is 6.92 Å². The van der Waals surface area contributed by atoms with E-state index in [-0.39, 0.29) is 30.2 Å². The van der Waals surface area contributed by atoms with E-state index < -0.39 is 0 Å². The zero-order chi connectivity index (χ0) is 19.6. The first-order valence-electron chi connectivity index (χ1n) is 8.73. The Morgan fingerprint density at radius 1 is 1.19 bits per heavy atom. The molecule has 0 bridgehead atoms. The number of aromatic nitrogens is 3. The third kappa shape index (κ3) is 3.85. The minimum Gasteiger partial charge on any atom is -0.380 e. The van der Waals surface area contributed by atoms with Crippen LogP contribution in [0.2, 0.25) is 0 Å². The first-order chi connectivity index (χ1) is 12.9. The molecule has 3 heterocycles. The molecular weight excluding hydrogens is 354 g/mol. The molecule has 1 fully saturated rings. The summed E-state index contributed by atoms with van der Waals surface area (Å²) in [7, 11) is 1.55. The van der Waals surface area contributed by atoms with Crippen LogP contribution in [0.4, 0.5) is 0 Å². The lowest BCUT2D eigenvalue weighted by Crippen LogP contribution is -2.37. The number of rotatable bonds is 4. The number of carbonyl (C=O) groups is 2. The maximum atomic E-state index is 13.0. The Balaban J connectivity index is 1.82. The van der Waals surface area contributed by atoms with Gasteiger partial charge in [-0.2, -0.15) is 4.98 Å². The summed E-state index contributed by atoms with van der Waals surface area (Å²) in [5.41, 5.74) is 0.884. The normalized spacial score (nSPS) is 17.9. The van der Waals surface area contributed by atoms with E-state index >= 15 is 0 Å². The quantitative estimate of drug-likeness (QED) is 0.782. The fourth-order valence-electron chi connectivity index (χ4n) is 3.24. The number of carbonyl (C=O) groups excluding carboxylic acids is 2. The highest BCUT2D eigenvalue weighted by atomic mass is 16.5. The first-order valence-corrected chi connectivity index (χ1v) is 8.73. The second-order valence-corrected chi connectivity index (χ2v) is 6.49. The Morgan fingerprint density at radius 2 is 1.96 bits per heavy atom. The van der Waals surface area contributed by atoms with Gasteiger partial charge in [-0.3, -0.25) is 9.59 Å². The third-order valence-corrected chi connectivity index (χ3v) is 4.66. The van der Waals surface area contributed by atoms with Crippen LogP contribution < -0.4 is 0 Å². The number of amides is 2. The highest BCUT2D eigenvalue weighted by Crippen LogP contribution is 2.27. The highest BCUT2D eigenvalue weighted by molar-refractivity contribution is 5.93. The van der Waals surface area contributed by atoms with Gasteiger partial charge in [0.25, 0.3) is 5.91 Å². The van der Waals surface area contributed by atoms with Crippen LogP contribution in [0, 0.1) is 13.8 Å². The van der Waals surface area contributed by atoms with Crippen LogP contribution >= 0.6 is 0 Å². The molecule has 0 aliphatic carbocycles. The van der Waals surface area contributed by atoms with Gasteiger partial charge in [-0.1, -0.05) is 10.3 Å². The molecule has 1 saturated heterocycles. The molecule has 1 aliphatic rings. The predicted molar refractivity (Wildman–Crippen MR) is 91.6 cm³/mol. The lowest BCUT2D eigenvalue weighted by molar-refractivity contribution is -0.131. The lowest BCUT2D eigenvalue weighted by atomic mass is 10.1. The van der Waals surface area contributed by atoms with E-state index in [1.807, 2.05) is 0 Å². The van der Waals surface area contributed by atoms with Crippen molar-refractivity contribution in [2.24, 2.45) is 0 Å². The molecule has 3 rings (SSSR count). The summed E-state index contributed by atoms with van der Waals surface area (Å²) in [6.07, 6.45) is 0.489. The number of aryl methyl sites for hydroxylation is 2. The van der Waals surface area contributed by atoms with Crippen molar-refractivity contribution < 1.29 is 23.4 Å². The molecular formula is C17H23N5O5. The maximum Gasteiger partial charge on any atom is 0.276 e.